The Balaban J connectivity index is 1.63. The third-order valence-electron chi connectivity index (χ3n) is 3.20. The molecule has 3 rings (SSSR count). The molecule has 0 bridgehead atoms. The molecule has 0 saturated carbocycles. The van der Waals surface area contributed by atoms with Gasteiger partial charge in [0.2, 0.25) is 0 Å². The summed E-state index contributed by atoms with van der Waals surface area (Å²) in [6, 6.07) is 6.90. The summed E-state index contributed by atoms with van der Waals surface area (Å²) in [4.78, 5) is 33.5. The van der Waals surface area contributed by atoms with Gasteiger partial charge in [0.05, 0.1) is 12.6 Å². The molecular formula is C14H12N6O5. The Morgan fingerprint density at radius 3 is 2.84 bits per heavy atom. The molecule has 3 heterocycles. The van der Waals surface area contributed by atoms with Crippen molar-refractivity contribution >= 4 is 11.8 Å². The first-order valence-electron chi connectivity index (χ1n) is 7.15. The van der Waals surface area contributed by atoms with Crippen LogP contribution in [0.4, 0.5) is 5.88 Å². The van der Waals surface area contributed by atoms with Gasteiger partial charge in [0.15, 0.2) is 11.6 Å². The van der Waals surface area contributed by atoms with E-state index in [1.54, 1.807) is 18.5 Å². The molecule has 0 radical (unpaired) electrons. The Morgan fingerprint density at radius 1 is 1.32 bits per heavy atom. The van der Waals surface area contributed by atoms with Gasteiger partial charge in [0.1, 0.15) is 4.92 Å². The summed E-state index contributed by atoms with van der Waals surface area (Å²) in [6.07, 6.45) is 3.27. The summed E-state index contributed by atoms with van der Waals surface area (Å²) in [6.45, 7) is 0.200. The number of carbonyl (C=O) groups excluding carboxylic acids is 1. The van der Waals surface area contributed by atoms with Gasteiger partial charge in [0, 0.05) is 25.0 Å². The topological polar surface area (TPSA) is 138 Å². The number of hydrogen-bond acceptors (Lipinski definition) is 7. The Morgan fingerprint density at radius 2 is 2.16 bits per heavy atom. The van der Waals surface area contributed by atoms with E-state index in [1.807, 2.05) is 0 Å². The number of hydrogen-bond donors (Lipinski definition) is 1. The number of nitrogens with one attached hydrogen (secondary N) is 1. The lowest BCUT2D eigenvalue weighted by Gasteiger charge is -2.07. The molecule has 0 aliphatic rings. The molecule has 11 heteroatoms. The van der Waals surface area contributed by atoms with Crippen molar-refractivity contribution in [2.45, 2.75) is 6.54 Å². The number of nitro groups is 1. The quantitative estimate of drug-likeness (QED) is 0.503. The molecule has 0 saturated heterocycles. The van der Waals surface area contributed by atoms with E-state index in [0.717, 1.165) is 6.07 Å². The van der Waals surface area contributed by atoms with Gasteiger partial charge < -0.3 is 9.73 Å². The molecule has 11 nitrogen and oxygen atoms in total. The van der Waals surface area contributed by atoms with Crippen molar-refractivity contribution in [1.29, 1.82) is 0 Å². The van der Waals surface area contributed by atoms with Crippen LogP contribution in [0, 0.1) is 10.1 Å². The second-order valence-corrected chi connectivity index (χ2v) is 4.85. The summed E-state index contributed by atoms with van der Waals surface area (Å²) < 4.78 is 7.47. The van der Waals surface area contributed by atoms with E-state index in [0.29, 0.717) is 5.82 Å². The van der Waals surface area contributed by atoms with Crippen LogP contribution in [0.15, 0.2) is 51.9 Å². The van der Waals surface area contributed by atoms with Crippen molar-refractivity contribution in [2.24, 2.45) is 0 Å². The van der Waals surface area contributed by atoms with Gasteiger partial charge in [-0.3, -0.25) is 19.7 Å². The molecule has 1 amide bonds. The van der Waals surface area contributed by atoms with Crippen molar-refractivity contribution in [3.05, 3.63) is 69.0 Å². The highest BCUT2D eigenvalue weighted by Crippen LogP contribution is 2.15. The van der Waals surface area contributed by atoms with Crippen LogP contribution in [-0.4, -0.2) is 36.9 Å². The second kappa shape index (κ2) is 6.78. The number of carbonyl (C=O) groups is 1. The third kappa shape index (κ3) is 3.60. The lowest BCUT2D eigenvalue weighted by Crippen LogP contribution is -2.32. The maximum absolute atomic E-state index is 11.9. The maximum atomic E-state index is 11.9. The van der Waals surface area contributed by atoms with Gasteiger partial charge in [-0.2, -0.15) is 5.10 Å². The number of aromatic nitrogens is 4. The Bertz CT molecular complexity index is 958. The molecule has 25 heavy (non-hydrogen) atoms. The molecule has 0 spiro atoms. The average molecular weight is 344 g/mol. The average Bonchev–Trinajstić information content (AvgIpc) is 3.28. The number of amides is 1. The van der Waals surface area contributed by atoms with Crippen LogP contribution in [0.3, 0.4) is 0 Å². The molecule has 128 valence electrons. The molecule has 0 aromatic carbocycles. The van der Waals surface area contributed by atoms with Crippen molar-refractivity contribution in [2.75, 3.05) is 6.54 Å². The molecule has 1 N–H and O–H groups in total. The minimum absolute atomic E-state index is 0.0861. The minimum atomic E-state index is -0.735. The van der Waals surface area contributed by atoms with E-state index in [-0.39, 0.29) is 24.4 Å². The predicted octanol–water partition coefficient (Wildman–Crippen LogP) is 0.360. The molecule has 0 unspecified atom stereocenters. The van der Waals surface area contributed by atoms with Gasteiger partial charge in [-0.25, -0.2) is 9.36 Å². The van der Waals surface area contributed by atoms with Gasteiger partial charge >= 0.3 is 5.88 Å². The summed E-state index contributed by atoms with van der Waals surface area (Å²) >= 11 is 0. The van der Waals surface area contributed by atoms with Gasteiger partial charge in [-0.05, 0) is 18.2 Å². The molecule has 0 fully saturated rings. The summed E-state index contributed by atoms with van der Waals surface area (Å²) in [5.74, 6) is -0.866. The van der Waals surface area contributed by atoms with Gasteiger partial charge in [0.25, 0.3) is 11.5 Å². The SMILES string of the molecule is O=C(NCCn1nc(-n2cccn2)ccc1=O)c1ccc([N+](=O)[O-])o1. The lowest BCUT2D eigenvalue weighted by atomic mass is 10.4. The highest BCUT2D eigenvalue weighted by Gasteiger charge is 2.16. The molecule has 0 atom stereocenters. The van der Waals surface area contributed by atoms with Crippen LogP contribution < -0.4 is 10.9 Å². The summed E-state index contributed by atoms with van der Waals surface area (Å²) in [5.41, 5.74) is -0.334. The van der Waals surface area contributed by atoms with Crippen molar-refractivity contribution < 1.29 is 14.1 Å². The molecule has 3 aromatic heterocycles. The van der Waals surface area contributed by atoms with Crippen LogP contribution in [0.2, 0.25) is 0 Å². The number of furan rings is 1. The van der Waals surface area contributed by atoms with E-state index in [4.69, 9.17) is 4.42 Å². The van der Waals surface area contributed by atoms with Gasteiger partial charge in [-0.1, -0.05) is 0 Å². The molecule has 0 aliphatic carbocycles. The lowest BCUT2D eigenvalue weighted by molar-refractivity contribution is -0.402. The zero-order valence-electron chi connectivity index (χ0n) is 12.7. The first kappa shape index (κ1) is 16.1. The summed E-state index contributed by atoms with van der Waals surface area (Å²) in [5, 5.41) is 21.2. The van der Waals surface area contributed by atoms with E-state index in [2.05, 4.69) is 15.5 Å². The standard InChI is InChI=1S/C14H12N6O5/c21-12-4-3-11(18-8-1-6-16-18)17-19(12)9-7-15-14(22)10-2-5-13(25-10)20(23)24/h1-6,8H,7,9H2,(H,15,22). The number of nitrogens with zero attached hydrogens (tertiary/aromatic N) is 5. The normalized spacial score (nSPS) is 10.6. The second-order valence-electron chi connectivity index (χ2n) is 4.85. The van der Waals surface area contributed by atoms with Crippen molar-refractivity contribution in [3.8, 4) is 5.82 Å². The zero-order valence-corrected chi connectivity index (χ0v) is 12.7. The first-order chi connectivity index (χ1) is 12.0. The first-order valence-corrected chi connectivity index (χ1v) is 7.15. The number of rotatable bonds is 6. The van der Waals surface area contributed by atoms with Crippen LogP contribution >= 0.6 is 0 Å². The highest BCUT2D eigenvalue weighted by molar-refractivity contribution is 5.91. The fourth-order valence-electron chi connectivity index (χ4n) is 2.04. The smallest absolute Gasteiger partial charge is 0.395 e. The fourth-order valence-corrected chi connectivity index (χ4v) is 2.04. The van der Waals surface area contributed by atoms with E-state index >= 15 is 0 Å². The van der Waals surface area contributed by atoms with Crippen LogP contribution in [0.5, 0.6) is 0 Å². The van der Waals surface area contributed by atoms with Crippen molar-refractivity contribution in [1.82, 2.24) is 24.9 Å². The Kier molecular flexibility index (Phi) is 4.37. The third-order valence-corrected chi connectivity index (χ3v) is 3.20. The zero-order chi connectivity index (χ0) is 17.8. The van der Waals surface area contributed by atoms with Crippen LogP contribution in [0.1, 0.15) is 10.6 Å². The Labute approximate surface area is 139 Å². The van der Waals surface area contributed by atoms with E-state index in [1.165, 1.54) is 27.6 Å². The fraction of sp³-hybridized carbons (Fsp3) is 0.143. The highest BCUT2D eigenvalue weighted by atomic mass is 16.6. The van der Waals surface area contributed by atoms with E-state index < -0.39 is 16.7 Å². The monoisotopic (exact) mass is 344 g/mol. The summed E-state index contributed by atoms with van der Waals surface area (Å²) in [7, 11) is 0. The van der Waals surface area contributed by atoms with E-state index in [9.17, 15) is 19.7 Å². The largest absolute Gasteiger partial charge is 0.433 e. The van der Waals surface area contributed by atoms with Gasteiger partial charge in [-0.15, -0.1) is 5.10 Å². The maximum Gasteiger partial charge on any atom is 0.433 e. The Hall–Kier alpha value is -3.76. The molecule has 3 aromatic rings. The van der Waals surface area contributed by atoms with Crippen LogP contribution in [-0.2, 0) is 6.54 Å². The molecular weight excluding hydrogens is 332 g/mol. The van der Waals surface area contributed by atoms with Crippen LogP contribution in [0.25, 0.3) is 5.82 Å². The minimum Gasteiger partial charge on any atom is -0.395 e. The van der Waals surface area contributed by atoms with Crippen molar-refractivity contribution in [3.63, 3.8) is 0 Å². The predicted molar refractivity (Wildman–Crippen MR) is 83.3 cm³/mol. The molecule has 0 aliphatic heterocycles.